The van der Waals surface area contributed by atoms with Crippen molar-refractivity contribution in [1.82, 2.24) is 4.90 Å². The summed E-state index contributed by atoms with van der Waals surface area (Å²) in [4.78, 5) is 26.7. The van der Waals surface area contributed by atoms with Gasteiger partial charge in [-0.15, -0.1) is 0 Å². The predicted octanol–water partition coefficient (Wildman–Crippen LogP) is 4.88. The average molecular weight is 397 g/mol. The summed E-state index contributed by atoms with van der Waals surface area (Å²) in [6, 6.07) is 11.0. The third-order valence-electron chi connectivity index (χ3n) is 5.20. The number of amides is 1. The molecule has 0 saturated carbocycles. The number of likely N-dealkylation sites (tertiary alicyclic amines) is 1. The maximum Gasteiger partial charge on any atom is 0.411 e. The zero-order chi connectivity index (χ0) is 20.6. The molecule has 1 aliphatic heterocycles. The van der Waals surface area contributed by atoms with Gasteiger partial charge >= 0.3 is 12.1 Å². The third-order valence-corrected chi connectivity index (χ3v) is 5.20. The SMILES string of the molecule is CCOC(=O)/C=C/[C@H]1[C@H](C)CC[C@@H](c2ccoc2)N1C(=O)OCc1ccccc1. The van der Waals surface area contributed by atoms with Crippen molar-refractivity contribution in [2.45, 2.75) is 45.4 Å². The van der Waals surface area contributed by atoms with Crippen molar-refractivity contribution < 1.29 is 23.5 Å². The largest absolute Gasteiger partial charge is 0.472 e. The van der Waals surface area contributed by atoms with Crippen LogP contribution in [0.1, 0.15) is 43.9 Å². The van der Waals surface area contributed by atoms with Crippen LogP contribution in [0.4, 0.5) is 4.79 Å². The highest BCUT2D eigenvalue weighted by molar-refractivity contribution is 5.82. The van der Waals surface area contributed by atoms with Gasteiger partial charge in [-0.1, -0.05) is 43.3 Å². The first kappa shape index (κ1) is 20.7. The zero-order valence-electron chi connectivity index (χ0n) is 16.8. The summed E-state index contributed by atoms with van der Waals surface area (Å²) in [7, 11) is 0. The van der Waals surface area contributed by atoms with Crippen molar-refractivity contribution in [3.05, 3.63) is 72.2 Å². The van der Waals surface area contributed by atoms with Crippen LogP contribution in [0, 0.1) is 5.92 Å². The predicted molar refractivity (Wildman–Crippen MR) is 108 cm³/mol. The Morgan fingerprint density at radius 1 is 1.17 bits per heavy atom. The molecule has 6 heteroatoms. The van der Waals surface area contributed by atoms with E-state index in [0.29, 0.717) is 6.61 Å². The number of rotatable bonds is 6. The standard InChI is InChI=1S/C23H27NO5/c1-3-28-22(25)12-11-20-17(2)9-10-21(19-13-14-27-16-19)24(20)23(26)29-15-18-7-5-4-6-8-18/h4-8,11-14,16-17,20-21H,3,9-10,15H2,1-2H3/b12-11+/t17-,20+,21+/m1/s1. The van der Waals surface area contributed by atoms with Gasteiger partial charge in [0.05, 0.1) is 31.2 Å². The van der Waals surface area contributed by atoms with Crippen LogP contribution in [0.3, 0.4) is 0 Å². The van der Waals surface area contributed by atoms with Crippen LogP contribution < -0.4 is 0 Å². The number of ether oxygens (including phenoxy) is 2. The van der Waals surface area contributed by atoms with E-state index in [2.05, 4.69) is 6.92 Å². The summed E-state index contributed by atoms with van der Waals surface area (Å²) in [5.74, 6) is -0.240. The van der Waals surface area contributed by atoms with Gasteiger partial charge in [0.15, 0.2) is 0 Å². The molecule has 0 bridgehead atoms. The van der Waals surface area contributed by atoms with Crippen molar-refractivity contribution in [1.29, 1.82) is 0 Å². The molecule has 1 amide bonds. The first-order valence-electron chi connectivity index (χ1n) is 9.96. The maximum atomic E-state index is 13.1. The van der Waals surface area contributed by atoms with Gasteiger partial charge in [-0.3, -0.25) is 4.90 Å². The fraction of sp³-hybridized carbons (Fsp3) is 0.391. The summed E-state index contributed by atoms with van der Waals surface area (Å²) in [5.41, 5.74) is 1.84. The smallest absolute Gasteiger partial charge is 0.411 e. The summed E-state index contributed by atoms with van der Waals surface area (Å²) in [6.07, 6.45) is 7.71. The number of hydrogen-bond donors (Lipinski definition) is 0. The molecule has 1 saturated heterocycles. The molecule has 3 rings (SSSR count). The number of esters is 1. The molecule has 154 valence electrons. The maximum absolute atomic E-state index is 13.1. The lowest BCUT2D eigenvalue weighted by Gasteiger charge is -2.43. The number of carbonyl (C=O) groups is 2. The first-order valence-corrected chi connectivity index (χ1v) is 9.96. The highest BCUT2D eigenvalue weighted by Crippen LogP contribution is 2.38. The van der Waals surface area contributed by atoms with Gasteiger partial charge in [0.2, 0.25) is 0 Å². The van der Waals surface area contributed by atoms with Crippen molar-refractivity contribution in [2.24, 2.45) is 5.92 Å². The number of piperidine rings is 1. The van der Waals surface area contributed by atoms with Crippen LogP contribution in [0.5, 0.6) is 0 Å². The quantitative estimate of drug-likeness (QED) is 0.513. The molecular formula is C23H27NO5. The molecule has 29 heavy (non-hydrogen) atoms. The molecule has 0 N–H and O–H groups in total. The fourth-order valence-electron chi connectivity index (χ4n) is 3.70. The van der Waals surface area contributed by atoms with Crippen molar-refractivity contribution in [3.8, 4) is 0 Å². The number of carbonyl (C=O) groups excluding carboxylic acids is 2. The lowest BCUT2D eigenvalue weighted by Crippen LogP contribution is -2.48. The molecular weight excluding hydrogens is 370 g/mol. The summed E-state index contributed by atoms with van der Waals surface area (Å²) >= 11 is 0. The molecule has 0 radical (unpaired) electrons. The Morgan fingerprint density at radius 2 is 1.97 bits per heavy atom. The number of nitrogens with zero attached hydrogens (tertiary/aromatic N) is 1. The van der Waals surface area contributed by atoms with E-state index in [1.165, 1.54) is 6.08 Å². The molecule has 2 heterocycles. The zero-order valence-corrected chi connectivity index (χ0v) is 16.8. The second-order valence-electron chi connectivity index (χ2n) is 7.18. The van der Waals surface area contributed by atoms with Gasteiger partial charge in [0.1, 0.15) is 6.61 Å². The molecule has 3 atom stereocenters. The highest BCUT2D eigenvalue weighted by atomic mass is 16.6. The monoisotopic (exact) mass is 397 g/mol. The topological polar surface area (TPSA) is 69.0 Å². The van der Waals surface area contributed by atoms with Crippen LogP contribution in [-0.2, 0) is 20.9 Å². The van der Waals surface area contributed by atoms with Gasteiger partial charge < -0.3 is 13.9 Å². The first-order chi connectivity index (χ1) is 14.1. The Kier molecular flexibility index (Phi) is 7.11. The Labute approximate surface area is 171 Å². The van der Waals surface area contributed by atoms with E-state index in [-0.39, 0.29) is 24.6 Å². The third kappa shape index (κ3) is 5.28. The normalized spacial score (nSPS) is 21.9. The van der Waals surface area contributed by atoms with Gasteiger partial charge in [-0.05, 0) is 37.3 Å². The summed E-state index contributed by atoms with van der Waals surface area (Å²) in [5, 5.41) is 0. The molecule has 0 aliphatic carbocycles. The van der Waals surface area contributed by atoms with Crippen LogP contribution in [0.2, 0.25) is 0 Å². The number of furan rings is 1. The Morgan fingerprint density at radius 3 is 2.66 bits per heavy atom. The Bertz CT molecular complexity index is 815. The van der Waals surface area contributed by atoms with E-state index in [9.17, 15) is 9.59 Å². The van der Waals surface area contributed by atoms with E-state index in [1.807, 2.05) is 36.4 Å². The molecule has 2 aromatic rings. The van der Waals surface area contributed by atoms with Crippen molar-refractivity contribution >= 4 is 12.1 Å². The fourth-order valence-corrected chi connectivity index (χ4v) is 3.70. The molecule has 1 aliphatic rings. The number of hydrogen-bond acceptors (Lipinski definition) is 5. The Balaban J connectivity index is 1.82. The molecule has 0 unspecified atom stereocenters. The molecule has 1 fully saturated rings. The average Bonchev–Trinajstić information content (AvgIpc) is 3.26. The minimum absolute atomic E-state index is 0.174. The number of benzene rings is 1. The Hall–Kier alpha value is -3.02. The van der Waals surface area contributed by atoms with Crippen molar-refractivity contribution in [3.63, 3.8) is 0 Å². The van der Waals surface area contributed by atoms with Crippen LogP contribution in [0.15, 0.2) is 65.5 Å². The van der Waals surface area contributed by atoms with E-state index in [0.717, 1.165) is 24.0 Å². The van der Waals surface area contributed by atoms with Crippen LogP contribution in [-0.4, -0.2) is 29.6 Å². The van der Waals surface area contributed by atoms with Gasteiger partial charge in [0, 0.05) is 11.6 Å². The summed E-state index contributed by atoms with van der Waals surface area (Å²) in [6.45, 7) is 4.33. The second-order valence-corrected chi connectivity index (χ2v) is 7.18. The van der Waals surface area contributed by atoms with Crippen LogP contribution >= 0.6 is 0 Å². The van der Waals surface area contributed by atoms with E-state index in [1.54, 1.807) is 30.4 Å². The molecule has 6 nitrogen and oxygen atoms in total. The van der Waals surface area contributed by atoms with E-state index in [4.69, 9.17) is 13.9 Å². The lowest BCUT2D eigenvalue weighted by molar-refractivity contribution is -0.137. The molecule has 1 aromatic carbocycles. The summed E-state index contributed by atoms with van der Waals surface area (Å²) < 4.78 is 15.9. The van der Waals surface area contributed by atoms with Crippen LogP contribution in [0.25, 0.3) is 0 Å². The van der Waals surface area contributed by atoms with Gasteiger partial charge in [-0.25, -0.2) is 9.59 Å². The van der Waals surface area contributed by atoms with Gasteiger partial charge in [-0.2, -0.15) is 0 Å². The van der Waals surface area contributed by atoms with E-state index < -0.39 is 12.1 Å². The second kappa shape index (κ2) is 9.96. The molecule has 0 spiro atoms. The molecule has 1 aromatic heterocycles. The minimum Gasteiger partial charge on any atom is -0.472 e. The van der Waals surface area contributed by atoms with Crippen molar-refractivity contribution in [2.75, 3.05) is 6.61 Å². The lowest BCUT2D eigenvalue weighted by atomic mass is 9.84. The van der Waals surface area contributed by atoms with E-state index >= 15 is 0 Å². The van der Waals surface area contributed by atoms with Gasteiger partial charge in [0.25, 0.3) is 0 Å². The minimum atomic E-state index is -0.414. The highest BCUT2D eigenvalue weighted by Gasteiger charge is 2.39.